The van der Waals surface area contributed by atoms with Gasteiger partial charge in [-0.25, -0.2) is 0 Å². The second-order valence-corrected chi connectivity index (χ2v) is 13.8. The van der Waals surface area contributed by atoms with Gasteiger partial charge in [0.2, 0.25) is 0 Å². The maximum Gasteiger partial charge on any atom is 0.306 e. The zero-order valence-corrected chi connectivity index (χ0v) is 23.3. The molecule has 204 valence electrons. The number of aliphatic hydroxyl groups is 1. The standard InChI is InChI=1S/C30H42O7/c1-15(10-17(31)11-16(2)26(36)37)18-12-23(35)30(7)25-19(32)13-21-27(3,4)22(34)8-9-28(21,5)24(25)20(33)14-29(18,30)6/h15-16,18,21-22,34H,8-14H2,1-7H3,(H,36,37)/t15-,16-,18-,21+,22+,28+,29-,30+/m1/s1. The first kappa shape index (κ1) is 27.9. The van der Waals surface area contributed by atoms with E-state index in [2.05, 4.69) is 0 Å². The first-order valence-corrected chi connectivity index (χ1v) is 13.7. The summed E-state index contributed by atoms with van der Waals surface area (Å²) >= 11 is 0. The number of ketones is 4. The number of allylic oxidation sites excluding steroid dienone is 2. The Hall–Kier alpha value is -2.15. The number of carboxylic acids is 1. The Morgan fingerprint density at radius 1 is 0.946 bits per heavy atom. The number of fused-ring (bicyclic) bond motifs is 4. The van der Waals surface area contributed by atoms with Crippen LogP contribution in [0.5, 0.6) is 0 Å². The predicted molar refractivity (Wildman–Crippen MR) is 136 cm³/mol. The van der Waals surface area contributed by atoms with Crippen LogP contribution in [0.15, 0.2) is 11.1 Å². The molecule has 0 heterocycles. The number of Topliss-reactive ketones (excluding diaryl/α,β-unsaturated/α-hetero) is 4. The van der Waals surface area contributed by atoms with Gasteiger partial charge in [0.25, 0.3) is 0 Å². The quantitative estimate of drug-likeness (QED) is 0.540. The Kier molecular flexibility index (Phi) is 6.54. The summed E-state index contributed by atoms with van der Waals surface area (Å²) in [7, 11) is 0. The average Bonchev–Trinajstić information content (AvgIpc) is 2.99. The van der Waals surface area contributed by atoms with E-state index in [1.54, 1.807) is 0 Å². The van der Waals surface area contributed by atoms with Gasteiger partial charge in [-0.15, -0.1) is 0 Å². The lowest BCUT2D eigenvalue weighted by Crippen LogP contribution is -2.59. The summed E-state index contributed by atoms with van der Waals surface area (Å²) in [6.07, 6.45) is 1.19. The SMILES string of the molecule is C[C@H](CC(=O)C[C@@H](C)[C@H]1CC(=O)[C@@]2(C)C3=C(C(=O)C[C@]12C)[C@@]1(C)CC[C@H](O)C(C)(C)[C@@H]1CC3=O)C(=O)O. The van der Waals surface area contributed by atoms with Crippen LogP contribution in [0.25, 0.3) is 0 Å². The molecule has 0 aromatic carbocycles. The molecule has 2 fully saturated rings. The minimum Gasteiger partial charge on any atom is -0.481 e. The van der Waals surface area contributed by atoms with Crippen LogP contribution in [0.4, 0.5) is 0 Å². The molecule has 7 nitrogen and oxygen atoms in total. The third-order valence-electron chi connectivity index (χ3n) is 11.4. The number of hydrogen-bond donors (Lipinski definition) is 2. The molecule has 0 amide bonds. The van der Waals surface area contributed by atoms with Crippen LogP contribution in [0, 0.1) is 45.3 Å². The fraction of sp³-hybridized carbons (Fsp3) is 0.767. The minimum absolute atomic E-state index is 0.0521. The van der Waals surface area contributed by atoms with E-state index in [1.165, 1.54) is 6.92 Å². The molecule has 2 saturated carbocycles. The summed E-state index contributed by atoms with van der Waals surface area (Å²) in [5.41, 5.74) is -2.13. The van der Waals surface area contributed by atoms with E-state index in [-0.39, 0.29) is 73.0 Å². The van der Waals surface area contributed by atoms with Crippen LogP contribution in [-0.2, 0) is 24.0 Å². The van der Waals surface area contributed by atoms with Gasteiger partial charge >= 0.3 is 5.97 Å². The largest absolute Gasteiger partial charge is 0.481 e. The highest BCUT2D eigenvalue weighted by molar-refractivity contribution is 6.16. The third kappa shape index (κ3) is 3.74. The van der Waals surface area contributed by atoms with Gasteiger partial charge in [0.1, 0.15) is 11.6 Å². The molecule has 0 bridgehead atoms. The fourth-order valence-electron chi connectivity index (χ4n) is 8.84. The summed E-state index contributed by atoms with van der Waals surface area (Å²) < 4.78 is 0. The first-order chi connectivity index (χ1) is 16.9. The topological polar surface area (TPSA) is 126 Å². The van der Waals surface area contributed by atoms with Crippen molar-refractivity contribution in [2.45, 2.75) is 99.5 Å². The van der Waals surface area contributed by atoms with Crippen molar-refractivity contribution in [3.8, 4) is 0 Å². The summed E-state index contributed by atoms with van der Waals surface area (Å²) in [5, 5.41) is 19.9. The number of rotatable bonds is 6. The number of aliphatic hydroxyl groups excluding tert-OH is 1. The van der Waals surface area contributed by atoms with Crippen LogP contribution in [0.3, 0.4) is 0 Å². The highest BCUT2D eigenvalue weighted by Gasteiger charge is 2.70. The smallest absolute Gasteiger partial charge is 0.306 e. The third-order valence-corrected chi connectivity index (χ3v) is 11.4. The van der Waals surface area contributed by atoms with Gasteiger partial charge in [0, 0.05) is 48.7 Å². The lowest BCUT2D eigenvalue weighted by molar-refractivity contribution is -0.145. The monoisotopic (exact) mass is 514 g/mol. The molecule has 0 aromatic rings. The summed E-state index contributed by atoms with van der Waals surface area (Å²) in [5.74, 6) is -2.94. The molecule has 4 aliphatic rings. The number of carboxylic acid groups (broad SMARTS) is 1. The van der Waals surface area contributed by atoms with Crippen LogP contribution in [0.1, 0.15) is 93.4 Å². The molecule has 0 aromatic heterocycles. The number of carbonyl (C=O) groups is 5. The van der Waals surface area contributed by atoms with Crippen molar-refractivity contribution >= 4 is 29.1 Å². The Morgan fingerprint density at radius 3 is 2.16 bits per heavy atom. The molecule has 0 aliphatic heterocycles. The zero-order chi connectivity index (χ0) is 27.9. The molecular weight excluding hydrogens is 472 g/mol. The molecule has 0 spiro atoms. The van der Waals surface area contributed by atoms with Crippen molar-refractivity contribution in [3.63, 3.8) is 0 Å². The van der Waals surface area contributed by atoms with Crippen LogP contribution in [-0.4, -0.2) is 45.4 Å². The van der Waals surface area contributed by atoms with Crippen molar-refractivity contribution in [1.29, 1.82) is 0 Å². The molecule has 4 aliphatic carbocycles. The highest BCUT2D eigenvalue weighted by atomic mass is 16.4. The van der Waals surface area contributed by atoms with Gasteiger partial charge in [-0.3, -0.25) is 24.0 Å². The number of carbonyl (C=O) groups excluding carboxylic acids is 4. The van der Waals surface area contributed by atoms with Gasteiger partial charge in [-0.1, -0.05) is 41.5 Å². The Labute approximate surface area is 219 Å². The molecule has 8 atom stereocenters. The number of hydrogen-bond acceptors (Lipinski definition) is 6. The van der Waals surface area contributed by atoms with Crippen molar-refractivity contribution in [1.82, 2.24) is 0 Å². The molecule has 7 heteroatoms. The Bertz CT molecular complexity index is 1110. The van der Waals surface area contributed by atoms with Crippen molar-refractivity contribution < 1.29 is 34.2 Å². The van der Waals surface area contributed by atoms with E-state index < -0.39 is 39.7 Å². The van der Waals surface area contributed by atoms with Gasteiger partial charge in [-0.05, 0) is 48.3 Å². The Morgan fingerprint density at radius 2 is 1.57 bits per heavy atom. The molecule has 0 radical (unpaired) electrons. The molecule has 4 rings (SSSR count). The van der Waals surface area contributed by atoms with Crippen molar-refractivity contribution in [3.05, 3.63) is 11.1 Å². The molecule has 0 saturated heterocycles. The van der Waals surface area contributed by atoms with Crippen molar-refractivity contribution in [2.24, 2.45) is 45.3 Å². The zero-order valence-electron chi connectivity index (χ0n) is 23.3. The van der Waals surface area contributed by atoms with Gasteiger partial charge in [-0.2, -0.15) is 0 Å². The van der Waals surface area contributed by atoms with E-state index in [0.29, 0.717) is 24.0 Å². The van der Waals surface area contributed by atoms with Crippen LogP contribution < -0.4 is 0 Å². The van der Waals surface area contributed by atoms with E-state index in [9.17, 15) is 29.1 Å². The lowest BCUT2D eigenvalue weighted by Gasteiger charge is -2.60. The molecule has 0 unspecified atom stereocenters. The van der Waals surface area contributed by atoms with Gasteiger partial charge in [0.05, 0.1) is 17.4 Å². The molecule has 2 N–H and O–H groups in total. The van der Waals surface area contributed by atoms with Gasteiger partial charge in [0.15, 0.2) is 11.6 Å². The minimum atomic E-state index is -1.11. The van der Waals surface area contributed by atoms with Crippen molar-refractivity contribution in [2.75, 3.05) is 0 Å². The maximum atomic E-state index is 14.0. The summed E-state index contributed by atoms with van der Waals surface area (Å²) in [6, 6.07) is 0. The normalized spacial score (nSPS) is 40.5. The van der Waals surface area contributed by atoms with Gasteiger partial charge < -0.3 is 10.2 Å². The first-order valence-electron chi connectivity index (χ1n) is 13.7. The fourth-order valence-corrected chi connectivity index (χ4v) is 8.84. The number of aliphatic carboxylic acids is 1. The average molecular weight is 515 g/mol. The summed E-state index contributed by atoms with van der Waals surface area (Å²) in [6.45, 7) is 13.2. The Balaban J connectivity index is 1.75. The van der Waals surface area contributed by atoms with E-state index in [0.717, 1.165) is 0 Å². The maximum absolute atomic E-state index is 14.0. The van der Waals surface area contributed by atoms with E-state index in [4.69, 9.17) is 5.11 Å². The van der Waals surface area contributed by atoms with E-state index >= 15 is 0 Å². The second-order valence-electron chi connectivity index (χ2n) is 13.8. The lowest BCUT2D eigenvalue weighted by atomic mass is 9.42. The van der Waals surface area contributed by atoms with Crippen LogP contribution in [0.2, 0.25) is 0 Å². The van der Waals surface area contributed by atoms with E-state index in [1.807, 2.05) is 41.5 Å². The van der Waals surface area contributed by atoms with Crippen LogP contribution >= 0.6 is 0 Å². The molecule has 37 heavy (non-hydrogen) atoms. The predicted octanol–water partition coefficient (Wildman–Crippen LogP) is 4.34. The summed E-state index contributed by atoms with van der Waals surface area (Å²) in [4.78, 5) is 65.6. The highest BCUT2D eigenvalue weighted by Crippen LogP contribution is 2.70. The molecular formula is C30H42O7. The second kappa shape index (κ2) is 8.69.